The topological polar surface area (TPSA) is 87.0 Å². The highest BCUT2D eigenvalue weighted by atomic mass is 16.5. The number of hydrogen-bond donors (Lipinski definition) is 3. The summed E-state index contributed by atoms with van der Waals surface area (Å²) in [6.45, 7) is 2.14. The molecule has 30 heavy (non-hydrogen) atoms. The number of rotatable bonds is 14. The second-order valence-corrected chi connectivity index (χ2v) is 7.32. The summed E-state index contributed by atoms with van der Waals surface area (Å²) in [6.07, 6.45) is 13.5. The number of esters is 1. The first kappa shape index (κ1) is 25.8. The molecular weight excluding hydrogens is 380 g/mol. The van der Waals surface area contributed by atoms with Crippen LogP contribution in [0, 0.1) is 0 Å². The number of ether oxygens (including phenoxy) is 1. The third-order valence-electron chi connectivity index (χ3n) is 4.80. The van der Waals surface area contributed by atoms with Gasteiger partial charge in [0.1, 0.15) is 0 Å². The number of aliphatic hydroxyl groups is 3. The molecule has 3 atom stereocenters. The molecule has 0 saturated heterocycles. The molecule has 0 aromatic heterocycles. The van der Waals surface area contributed by atoms with Crippen molar-refractivity contribution in [2.45, 2.75) is 70.2 Å². The van der Waals surface area contributed by atoms with Crippen LogP contribution >= 0.6 is 0 Å². The summed E-state index contributed by atoms with van der Waals surface area (Å²) in [7, 11) is 1.33. The Hall–Kier alpha value is -2.21. The van der Waals surface area contributed by atoms with Crippen LogP contribution in [-0.2, 0) is 9.53 Å². The van der Waals surface area contributed by atoms with Gasteiger partial charge in [0.2, 0.25) is 0 Å². The van der Waals surface area contributed by atoms with Gasteiger partial charge in [-0.1, -0.05) is 86.9 Å². The highest BCUT2D eigenvalue weighted by Crippen LogP contribution is 2.15. The van der Waals surface area contributed by atoms with Crippen molar-refractivity contribution in [2.75, 3.05) is 7.11 Å². The quantitative estimate of drug-likeness (QED) is 0.239. The highest BCUT2D eigenvalue weighted by molar-refractivity contribution is 5.69. The molecule has 1 aromatic carbocycles. The minimum Gasteiger partial charge on any atom is -0.469 e. The second-order valence-electron chi connectivity index (χ2n) is 7.32. The Labute approximate surface area is 180 Å². The summed E-state index contributed by atoms with van der Waals surface area (Å²) in [5, 5.41) is 30.1. The molecule has 1 aromatic rings. The fraction of sp³-hybridized carbons (Fsp3) is 0.480. The molecule has 0 amide bonds. The zero-order chi connectivity index (χ0) is 22.2. The second kappa shape index (κ2) is 15.6. The van der Waals surface area contributed by atoms with E-state index in [1.807, 2.05) is 42.5 Å². The molecule has 5 nitrogen and oxygen atoms in total. The number of carbonyl (C=O) groups is 1. The largest absolute Gasteiger partial charge is 0.469 e. The third-order valence-corrected chi connectivity index (χ3v) is 4.80. The molecule has 0 unspecified atom stereocenters. The maximum atomic E-state index is 11.1. The molecule has 0 aliphatic carbocycles. The van der Waals surface area contributed by atoms with Crippen LogP contribution in [0.4, 0.5) is 0 Å². The predicted molar refractivity (Wildman–Crippen MR) is 122 cm³/mol. The zero-order valence-electron chi connectivity index (χ0n) is 18.1. The Morgan fingerprint density at radius 3 is 2.33 bits per heavy atom. The van der Waals surface area contributed by atoms with Crippen LogP contribution in [0.5, 0.6) is 0 Å². The Balaban J connectivity index is 2.60. The zero-order valence-corrected chi connectivity index (χ0v) is 18.1. The van der Waals surface area contributed by atoms with Gasteiger partial charge in [-0.2, -0.15) is 0 Å². The van der Waals surface area contributed by atoms with Crippen LogP contribution in [0.25, 0.3) is 12.2 Å². The van der Waals surface area contributed by atoms with Gasteiger partial charge < -0.3 is 20.1 Å². The molecule has 1 rings (SSSR count). The van der Waals surface area contributed by atoms with Crippen LogP contribution in [0.1, 0.15) is 63.0 Å². The first-order valence-electron chi connectivity index (χ1n) is 10.7. The van der Waals surface area contributed by atoms with Gasteiger partial charge in [0.15, 0.2) is 0 Å². The van der Waals surface area contributed by atoms with Gasteiger partial charge in [-0.3, -0.25) is 4.79 Å². The SMILES string of the molecule is CCCCC[C@@H](O)/C=C/C=C/c1ccccc1/C=C/[C@@H](O)[C@@H](O)CCCC(=O)OC. The van der Waals surface area contributed by atoms with Crippen molar-refractivity contribution in [3.05, 3.63) is 59.7 Å². The molecule has 0 spiro atoms. The molecule has 3 N–H and O–H groups in total. The lowest BCUT2D eigenvalue weighted by atomic mass is 10.0. The van der Waals surface area contributed by atoms with E-state index < -0.39 is 18.3 Å². The van der Waals surface area contributed by atoms with Crippen molar-refractivity contribution in [1.82, 2.24) is 0 Å². The highest BCUT2D eigenvalue weighted by Gasteiger charge is 2.14. The molecule has 0 bridgehead atoms. The monoisotopic (exact) mass is 416 g/mol. The summed E-state index contributed by atoms with van der Waals surface area (Å²) >= 11 is 0. The van der Waals surface area contributed by atoms with E-state index in [0.29, 0.717) is 12.8 Å². The van der Waals surface area contributed by atoms with Crippen LogP contribution in [0.3, 0.4) is 0 Å². The van der Waals surface area contributed by atoms with E-state index in [9.17, 15) is 20.1 Å². The lowest BCUT2D eigenvalue weighted by molar-refractivity contribution is -0.140. The first-order valence-corrected chi connectivity index (χ1v) is 10.7. The van der Waals surface area contributed by atoms with Crippen LogP contribution in [-0.4, -0.2) is 46.7 Å². The van der Waals surface area contributed by atoms with Crippen LogP contribution in [0.2, 0.25) is 0 Å². The smallest absolute Gasteiger partial charge is 0.305 e. The van der Waals surface area contributed by atoms with Crippen molar-refractivity contribution >= 4 is 18.1 Å². The van der Waals surface area contributed by atoms with E-state index in [1.54, 1.807) is 18.2 Å². The molecule has 0 saturated carbocycles. The predicted octanol–water partition coefficient (Wildman–Crippen LogP) is 4.28. The van der Waals surface area contributed by atoms with Gasteiger partial charge in [0.25, 0.3) is 0 Å². The van der Waals surface area contributed by atoms with Crippen LogP contribution in [0.15, 0.2) is 48.6 Å². The fourth-order valence-electron chi connectivity index (χ4n) is 2.92. The number of aliphatic hydroxyl groups excluding tert-OH is 3. The number of allylic oxidation sites excluding steroid dienone is 2. The maximum absolute atomic E-state index is 11.1. The average Bonchev–Trinajstić information content (AvgIpc) is 2.75. The van der Waals surface area contributed by atoms with Crippen LogP contribution < -0.4 is 0 Å². The summed E-state index contributed by atoms with van der Waals surface area (Å²) in [4.78, 5) is 11.1. The molecule has 166 valence electrons. The van der Waals surface area contributed by atoms with Gasteiger partial charge in [-0.25, -0.2) is 0 Å². The van der Waals surface area contributed by atoms with Gasteiger partial charge in [0, 0.05) is 6.42 Å². The molecule has 0 fully saturated rings. The minimum atomic E-state index is -1.02. The minimum absolute atomic E-state index is 0.221. The molecule has 0 radical (unpaired) electrons. The average molecular weight is 417 g/mol. The Morgan fingerprint density at radius 1 is 0.967 bits per heavy atom. The third kappa shape index (κ3) is 11.1. The van der Waals surface area contributed by atoms with E-state index in [1.165, 1.54) is 7.11 Å². The molecule has 0 aliphatic heterocycles. The molecule has 0 heterocycles. The van der Waals surface area contributed by atoms with E-state index in [4.69, 9.17) is 0 Å². The first-order chi connectivity index (χ1) is 14.5. The number of unbranched alkanes of at least 4 members (excludes halogenated alkanes) is 2. The lowest BCUT2D eigenvalue weighted by Gasteiger charge is -2.14. The number of methoxy groups -OCH3 is 1. The summed E-state index contributed by atoms with van der Waals surface area (Å²) in [5.41, 5.74) is 1.87. The van der Waals surface area contributed by atoms with E-state index >= 15 is 0 Å². The standard InChI is InChI=1S/C25H36O5/c1-3-4-5-14-22(26)15-9-8-12-20-11-6-7-13-21(20)18-19-24(28)23(27)16-10-17-25(29)30-2/h6-9,11-13,15,18-19,22-24,26-28H,3-5,10,14,16-17H2,1-2H3/b12-8+,15-9+,19-18+/t22-,23+,24-/m1/s1. The van der Waals surface area contributed by atoms with Gasteiger partial charge in [0.05, 0.1) is 25.4 Å². The van der Waals surface area contributed by atoms with Crippen molar-refractivity contribution in [2.24, 2.45) is 0 Å². The van der Waals surface area contributed by atoms with Crippen molar-refractivity contribution in [3.8, 4) is 0 Å². The van der Waals surface area contributed by atoms with Crippen molar-refractivity contribution in [1.29, 1.82) is 0 Å². The fourth-order valence-corrected chi connectivity index (χ4v) is 2.92. The van der Waals surface area contributed by atoms with E-state index in [-0.39, 0.29) is 12.4 Å². The number of benzene rings is 1. The number of carbonyl (C=O) groups excluding carboxylic acids is 1. The summed E-state index contributed by atoms with van der Waals surface area (Å²) in [6, 6.07) is 7.72. The Morgan fingerprint density at radius 2 is 1.67 bits per heavy atom. The summed E-state index contributed by atoms with van der Waals surface area (Å²) < 4.78 is 4.56. The molecular formula is C25H36O5. The van der Waals surface area contributed by atoms with Crippen molar-refractivity contribution in [3.63, 3.8) is 0 Å². The Bertz CT molecular complexity index is 693. The lowest BCUT2D eigenvalue weighted by Crippen LogP contribution is -2.23. The molecule has 5 heteroatoms. The van der Waals surface area contributed by atoms with E-state index in [2.05, 4.69) is 11.7 Å². The van der Waals surface area contributed by atoms with Gasteiger partial charge in [-0.15, -0.1) is 0 Å². The summed E-state index contributed by atoms with van der Waals surface area (Å²) in [5.74, 6) is -0.324. The van der Waals surface area contributed by atoms with Gasteiger partial charge in [-0.05, 0) is 30.4 Å². The normalized spacial score (nSPS) is 15.1. The van der Waals surface area contributed by atoms with E-state index in [0.717, 1.165) is 36.8 Å². The molecule has 0 aliphatic rings. The Kier molecular flexibility index (Phi) is 13.4. The van der Waals surface area contributed by atoms with Gasteiger partial charge >= 0.3 is 5.97 Å². The number of hydrogen-bond acceptors (Lipinski definition) is 5. The van der Waals surface area contributed by atoms with Crippen molar-refractivity contribution < 1.29 is 24.9 Å². The maximum Gasteiger partial charge on any atom is 0.305 e.